The average Bonchev–Trinajstić information content (AvgIpc) is 3.27. The van der Waals surface area contributed by atoms with Gasteiger partial charge in [0.15, 0.2) is 0 Å². The molecule has 174 valence electrons. The quantitative estimate of drug-likeness (QED) is 0.614. The van der Waals surface area contributed by atoms with E-state index in [1.54, 1.807) is 11.8 Å². The van der Waals surface area contributed by atoms with E-state index in [1.165, 1.54) is 19.2 Å². The molecule has 12 heteroatoms. The Balaban J connectivity index is 1.49. The number of anilines is 1. The van der Waals surface area contributed by atoms with Gasteiger partial charge < -0.3 is 16.0 Å². The van der Waals surface area contributed by atoms with Gasteiger partial charge in [-0.25, -0.2) is 9.97 Å². The molecule has 1 aliphatic rings. The van der Waals surface area contributed by atoms with Crippen LogP contribution in [0.3, 0.4) is 0 Å². The number of nitrogens with zero attached hydrogens (tertiary/aromatic N) is 4. The largest absolute Gasteiger partial charge is 0.451 e. The summed E-state index contributed by atoms with van der Waals surface area (Å²) in [7, 11) is 0. The van der Waals surface area contributed by atoms with Crippen LogP contribution in [0.15, 0.2) is 12.3 Å². The SMILES string of the molecule is Cc1nc(C(F)(F)F)nc(N)c1CCC1CCN(C(=O)C(C)NC(=O)c2ccn[nH]2)CC1. The van der Waals surface area contributed by atoms with Gasteiger partial charge in [0, 0.05) is 30.5 Å². The average molecular weight is 453 g/mol. The van der Waals surface area contributed by atoms with E-state index in [0.29, 0.717) is 37.4 Å². The molecule has 0 bridgehead atoms. The van der Waals surface area contributed by atoms with E-state index in [2.05, 4.69) is 25.5 Å². The number of hydrogen-bond donors (Lipinski definition) is 3. The molecular weight excluding hydrogens is 427 g/mol. The van der Waals surface area contributed by atoms with E-state index in [4.69, 9.17) is 5.73 Å². The van der Waals surface area contributed by atoms with E-state index in [-0.39, 0.29) is 23.1 Å². The molecule has 3 rings (SSSR count). The lowest BCUT2D eigenvalue weighted by Crippen LogP contribution is -2.49. The maximum atomic E-state index is 12.8. The third kappa shape index (κ3) is 5.54. The second-order valence-corrected chi connectivity index (χ2v) is 7.97. The Morgan fingerprint density at radius 1 is 1.31 bits per heavy atom. The van der Waals surface area contributed by atoms with Gasteiger partial charge in [0.2, 0.25) is 11.7 Å². The molecule has 0 aliphatic carbocycles. The number of nitrogen functional groups attached to an aromatic ring is 1. The molecule has 1 fully saturated rings. The molecule has 1 aliphatic heterocycles. The van der Waals surface area contributed by atoms with Crippen LogP contribution in [0.2, 0.25) is 0 Å². The van der Waals surface area contributed by atoms with E-state index >= 15 is 0 Å². The molecule has 2 aromatic heterocycles. The molecule has 0 aromatic carbocycles. The summed E-state index contributed by atoms with van der Waals surface area (Å²) in [6.45, 7) is 4.24. The van der Waals surface area contributed by atoms with Gasteiger partial charge in [-0.3, -0.25) is 14.7 Å². The number of H-pyrrole nitrogens is 1. The number of carbonyl (C=O) groups excluding carboxylic acids is 2. The number of alkyl halides is 3. The van der Waals surface area contributed by atoms with Crippen molar-refractivity contribution in [3.8, 4) is 0 Å². The molecule has 3 heterocycles. The van der Waals surface area contributed by atoms with Crippen LogP contribution >= 0.6 is 0 Å². The van der Waals surface area contributed by atoms with Gasteiger partial charge in [-0.15, -0.1) is 0 Å². The minimum absolute atomic E-state index is 0.140. The maximum absolute atomic E-state index is 12.8. The molecule has 1 unspecified atom stereocenters. The molecule has 2 amide bonds. The molecular formula is C20H26F3N7O2. The minimum atomic E-state index is -4.63. The Bertz CT molecular complexity index is 932. The Labute approximate surface area is 183 Å². The lowest BCUT2D eigenvalue weighted by atomic mass is 9.90. The summed E-state index contributed by atoms with van der Waals surface area (Å²) in [5, 5.41) is 8.92. The highest BCUT2D eigenvalue weighted by atomic mass is 19.4. The molecule has 32 heavy (non-hydrogen) atoms. The highest BCUT2D eigenvalue weighted by molar-refractivity contribution is 5.95. The zero-order chi connectivity index (χ0) is 23.5. The number of rotatable bonds is 6. The molecule has 9 nitrogen and oxygen atoms in total. The number of amides is 2. The molecule has 4 N–H and O–H groups in total. The van der Waals surface area contributed by atoms with Gasteiger partial charge in [-0.1, -0.05) is 0 Å². The summed E-state index contributed by atoms with van der Waals surface area (Å²) >= 11 is 0. The highest BCUT2D eigenvalue weighted by Gasteiger charge is 2.36. The Kier molecular flexibility index (Phi) is 6.99. The van der Waals surface area contributed by atoms with Crippen LogP contribution in [0.4, 0.5) is 19.0 Å². The number of nitrogens with one attached hydrogen (secondary N) is 2. The van der Waals surface area contributed by atoms with Gasteiger partial charge >= 0.3 is 6.18 Å². The summed E-state index contributed by atoms with van der Waals surface area (Å²) in [6, 6.07) is 0.850. The zero-order valence-electron chi connectivity index (χ0n) is 17.9. The predicted molar refractivity (Wildman–Crippen MR) is 109 cm³/mol. The van der Waals surface area contributed by atoms with Crippen LogP contribution in [-0.2, 0) is 17.4 Å². The first-order valence-electron chi connectivity index (χ1n) is 10.4. The monoisotopic (exact) mass is 453 g/mol. The third-order valence-electron chi connectivity index (χ3n) is 5.69. The molecule has 2 aromatic rings. The van der Waals surface area contributed by atoms with E-state index < -0.39 is 23.9 Å². The van der Waals surface area contributed by atoms with Gasteiger partial charge in [0.1, 0.15) is 17.6 Å². The fourth-order valence-corrected chi connectivity index (χ4v) is 3.84. The second-order valence-electron chi connectivity index (χ2n) is 7.97. The number of carbonyl (C=O) groups is 2. The smallest absolute Gasteiger partial charge is 0.383 e. The number of nitrogens with two attached hydrogens (primary N) is 1. The highest BCUT2D eigenvalue weighted by Crippen LogP contribution is 2.30. The van der Waals surface area contributed by atoms with Gasteiger partial charge in [0.05, 0.1) is 0 Å². The Morgan fingerprint density at radius 3 is 2.56 bits per heavy atom. The van der Waals surface area contributed by atoms with Crippen molar-refractivity contribution >= 4 is 17.6 Å². The zero-order valence-corrected chi connectivity index (χ0v) is 17.9. The van der Waals surface area contributed by atoms with Crippen LogP contribution in [0.1, 0.15) is 53.8 Å². The van der Waals surface area contributed by atoms with Crippen LogP contribution in [0.5, 0.6) is 0 Å². The van der Waals surface area contributed by atoms with Gasteiger partial charge in [-0.05, 0) is 51.5 Å². The number of likely N-dealkylation sites (tertiary alicyclic amines) is 1. The van der Waals surface area contributed by atoms with Crippen molar-refractivity contribution in [2.75, 3.05) is 18.8 Å². The van der Waals surface area contributed by atoms with Gasteiger partial charge in [-0.2, -0.15) is 18.3 Å². The first-order valence-corrected chi connectivity index (χ1v) is 10.4. The van der Waals surface area contributed by atoms with Crippen LogP contribution in [0.25, 0.3) is 0 Å². The number of aryl methyl sites for hydroxylation is 1. The molecule has 1 saturated heterocycles. The van der Waals surface area contributed by atoms with Crippen molar-refractivity contribution in [1.82, 2.24) is 30.4 Å². The summed E-state index contributed by atoms with van der Waals surface area (Å²) in [5.74, 6) is -1.62. The van der Waals surface area contributed by atoms with E-state index in [9.17, 15) is 22.8 Å². The number of halogens is 3. The molecule has 0 spiro atoms. The summed E-state index contributed by atoms with van der Waals surface area (Å²) in [6.07, 6.45) is -0.469. The van der Waals surface area contributed by atoms with Crippen LogP contribution < -0.4 is 11.1 Å². The van der Waals surface area contributed by atoms with E-state index in [0.717, 1.165) is 12.8 Å². The normalized spacial score (nSPS) is 16.1. The number of hydrogen-bond acceptors (Lipinski definition) is 6. The number of aromatic nitrogens is 4. The topological polar surface area (TPSA) is 130 Å². The van der Waals surface area contributed by atoms with Gasteiger partial charge in [0.25, 0.3) is 5.91 Å². The van der Waals surface area contributed by atoms with E-state index in [1.807, 2.05) is 0 Å². The predicted octanol–water partition coefficient (Wildman–Crippen LogP) is 2.10. The van der Waals surface area contributed by atoms with Crippen LogP contribution in [0, 0.1) is 12.8 Å². The minimum Gasteiger partial charge on any atom is -0.383 e. The molecule has 1 atom stereocenters. The summed E-state index contributed by atoms with van der Waals surface area (Å²) < 4.78 is 38.4. The summed E-state index contributed by atoms with van der Waals surface area (Å²) in [5.41, 5.74) is 6.81. The Hall–Kier alpha value is -3.18. The van der Waals surface area contributed by atoms with Crippen LogP contribution in [-0.4, -0.2) is 56.0 Å². The fraction of sp³-hybridized carbons (Fsp3) is 0.550. The van der Waals surface area contributed by atoms with Crippen molar-refractivity contribution < 1.29 is 22.8 Å². The lowest BCUT2D eigenvalue weighted by Gasteiger charge is -2.33. The van der Waals surface area contributed by atoms with Crippen molar-refractivity contribution in [2.24, 2.45) is 5.92 Å². The molecule has 0 saturated carbocycles. The number of aromatic amines is 1. The fourth-order valence-electron chi connectivity index (χ4n) is 3.84. The third-order valence-corrected chi connectivity index (χ3v) is 5.69. The van der Waals surface area contributed by atoms with Crippen molar-refractivity contribution in [2.45, 2.75) is 51.7 Å². The number of piperidine rings is 1. The maximum Gasteiger partial charge on any atom is 0.451 e. The van der Waals surface area contributed by atoms with Crippen molar-refractivity contribution in [3.05, 3.63) is 35.0 Å². The molecule has 0 radical (unpaired) electrons. The van der Waals surface area contributed by atoms with Crippen molar-refractivity contribution in [1.29, 1.82) is 0 Å². The van der Waals surface area contributed by atoms with Crippen molar-refractivity contribution in [3.63, 3.8) is 0 Å². The lowest BCUT2D eigenvalue weighted by molar-refractivity contribution is -0.145. The first kappa shape index (κ1) is 23.5. The standard InChI is InChI=1S/C20H26F3N7O2/c1-11-14(16(24)28-19(27-11)20(21,22)23)4-3-13-6-9-30(10-7-13)18(32)12(2)26-17(31)15-5-8-25-29-15/h5,8,12-13H,3-4,6-7,9-10H2,1-2H3,(H,25,29)(H,26,31)(H2,24,27,28). The second kappa shape index (κ2) is 9.53. The Morgan fingerprint density at radius 2 is 2.00 bits per heavy atom. The first-order chi connectivity index (χ1) is 15.1. The summed E-state index contributed by atoms with van der Waals surface area (Å²) in [4.78, 5) is 33.4.